The minimum atomic E-state index is -0.111. The Kier molecular flexibility index (Phi) is 1.94. The molecule has 3 aromatic heterocycles. The van der Waals surface area contributed by atoms with Gasteiger partial charge in [0.15, 0.2) is 16.9 Å². The molecule has 0 saturated heterocycles. The molecule has 3 N–H and O–H groups in total. The maximum absolute atomic E-state index is 11.7. The van der Waals surface area contributed by atoms with Crippen molar-refractivity contribution in [3.05, 3.63) is 47.0 Å². The predicted molar refractivity (Wildman–Crippen MR) is 63.5 cm³/mol. The molecule has 0 spiro atoms. The van der Waals surface area contributed by atoms with Crippen LogP contribution < -0.4 is 11.2 Å². The van der Waals surface area contributed by atoms with Crippen LogP contribution in [-0.2, 0) is 0 Å². The van der Waals surface area contributed by atoms with E-state index >= 15 is 0 Å². The number of nitrogens with two attached hydrogens (primary N) is 1. The molecule has 3 rings (SSSR count). The number of rotatable bonds is 1. The molecule has 17 heavy (non-hydrogen) atoms. The van der Waals surface area contributed by atoms with Crippen molar-refractivity contribution >= 4 is 11.3 Å². The van der Waals surface area contributed by atoms with Crippen LogP contribution in [0.5, 0.6) is 0 Å². The minimum absolute atomic E-state index is 0.111. The van der Waals surface area contributed by atoms with Gasteiger partial charge in [-0.15, -0.1) is 10.2 Å². The lowest BCUT2D eigenvalue weighted by molar-refractivity contribution is 1.10. The molecule has 0 unspecified atom stereocenters. The van der Waals surface area contributed by atoms with E-state index in [4.69, 9.17) is 5.73 Å². The summed E-state index contributed by atoms with van der Waals surface area (Å²) in [5.74, 6) is 0.481. The minimum Gasteiger partial charge on any atom is -0.398 e. The zero-order valence-corrected chi connectivity index (χ0v) is 8.79. The first-order valence-electron chi connectivity index (χ1n) is 5.03. The molecular formula is C11H9N5O. The first kappa shape index (κ1) is 9.59. The molecule has 0 aliphatic rings. The highest BCUT2D eigenvalue weighted by Crippen LogP contribution is 2.15. The fourth-order valence-corrected chi connectivity index (χ4v) is 1.68. The molecule has 0 aliphatic heterocycles. The average molecular weight is 227 g/mol. The van der Waals surface area contributed by atoms with Gasteiger partial charge >= 0.3 is 0 Å². The number of aromatic nitrogens is 4. The van der Waals surface area contributed by atoms with Gasteiger partial charge in [0.25, 0.3) is 0 Å². The molecule has 0 atom stereocenters. The standard InChI is InChI=1S/C11H9N5O/c12-7-1-2-10-14-15-11(16(10)6-7)8-5-13-4-3-9(8)17/h1-6H,12H2,(H,13,17). The molecule has 0 bridgehead atoms. The van der Waals surface area contributed by atoms with Crippen molar-refractivity contribution in [3.8, 4) is 11.4 Å². The van der Waals surface area contributed by atoms with E-state index in [0.29, 0.717) is 22.7 Å². The quantitative estimate of drug-likeness (QED) is 0.639. The van der Waals surface area contributed by atoms with Crippen LogP contribution >= 0.6 is 0 Å². The van der Waals surface area contributed by atoms with Gasteiger partial charge in [-0.05, 0) is 12.1 Å². The van der Waals surface area contributed by atoms with Crippen LogP contribution in [0.4, 0.5) is 5.69 Å². The van der Waals surface area contributed by atoms with Gasteiger partial charge in [-0.3, -0.25) is 9.20 Å². The normalized spacial score (nSPS) is 10.8. The fraction of sp³-hybridized carbons (Fsp3) is 0. The van der Waals surface area contributed by atoms with Gasteiger partial charge in [-0.25, -0.2) is 0 Å². The highest BCUT2D eigenvalue weighted by molar-refractivity contribution is 5.60. The van der Waals surface area contributed by atoms with Crippen molar-refractivity contribution in [1.82, 2.24) is 19.6 Å². The number of pyridine rings is 2. The van der Waals surface area contributed by atoms with E-state index in [1.807, 2.05) is 0 Å². The van der Waals surface area contributed by atoms with Crippen LogP contribution in [-0.4, -0.2) is 19.6 Å². The average Bonchev–Trinajstić information content (AvgIpc) is 2.72. The second-order valence-electron chi connectivity index (χ2n) is 3.64. The van der Waals surface area contributed by atoms with Crippen LogP contribution in [0, 0.1) is 0 Å². The van der Waals surface area contributed by atoms with Gasteiger partial charge < -0.3 is 10.7 Å². The number of H-pyrrole nitrogens is 1. The Morgan fingerprint density at radius 2 is 2.12 bits per heavy atom. The van der Waals surface area contributed by atoms with E-state index in [9.17, 15) is 4.79 Å². The van der Waals surface area contributed by atoms with Crippen molar-refractivity contribution in [3.63, 3.8) is 0 Å². The predicted octanol–water partition coefficient (Wildman–Crippen LogP) is 0.667. The molecule has 0 aliphatic carbocycles. The number of nitrogens with zero attached hydrogens (tertiary/aromatic N) is 3. The number of anilines is 1. The summed E-state index contributed by atoms with van der Waals surface area (Å²) in [5.41, 5.74) is 7.30. The zero-order valence-electron chi connectivity index (χ0n) is 8.79. The number of hydrogen-bond acceptors (Lipinski definition) is 4. The maximum Gasteiger partial charge on any atom is 0.192 e. The molecule has 6 heteroatoms. The summed E-state index contributed by atoms with van der Waals surface area (Å²) in [4.78, 5) is 14.6. The van der Waals surface area contributed by atoms with E-state index in [-0.39, 0.29) is 5.43 Å². The Hall–Kier alpha value is -2.63. The van der Waals surface area contributed by atoms with E-state index < -0.39 is 0 Å². The molecule has 84 valence electrons. The van der Waals surface area contributed by atoms with Crippen molar-refractivity contribution in [2.45, 2.75) is 0 Å². The van der Waals surface area contributed by atoms with E-state index in [0.717, 1.165) is 0 Å². The third kappa shape index (κ3) is 1.46. The van der Waals surface area contributed by atoms with Crippen molar-refractivity contribution in [1.29, 1.82) is 0 Å². The second kappa shape index (κ2) is 3.44. The smallest absolute Gasteiger partial charge is 0.192 e. The lowest BCUT2D eigenvalue weighted by Crippen LogP contribution is -2.05. The lowest BCUT2D eigenvalue weighted by atomic mass is 10.2. The van der Waals surface area contributed by atoms with Gasteiger partial charge in [0, 0.05) is 30.3 Å². The lowest BCUT2D eigenvalue weighted by Gasteiger charge is -1.99. The first-order chi connectivity index (χ1) is 8.25. The van der Waals surface area contributed by atoms with Crippen molar-refractivity contribution in [2.75, 3.05) is 5.73 Å². The summed E-state index contributed by atoms with van der Waals surface area (Å²) in [6.45, 7) is 0. The van der Waals surface area contributed by atoms with Gasteiger partial charge in [0.1, 0.15) is 0 Å². The zero-order chi connectivity index (χ0) is 11.8. The molecule has 0 fully saturated rings. The van der Waals surface area contributed by atoms with Crippen LogP contribution in [0.1, 0.15) is 0 Å². The van der Waals surface area contributed by atoms with E-state index in [2.05, 4.69) is 15.2 Å². The van der Waals surface area contributed by atoms with Crippen LogP contribution in [0.2, 0.25) is 0 Å². The number of aromatic amines is 1. The Balaban J connectivity index is 2.35. The molecule has 0 saturated carbocycles. The van der Waals surface area contributed by atoms with Crippen molar-refractivity contribution < 1.29 is 0 Å². The summed E-state index contributed by atoms with van der Waals surface area (Å²) in [7, 11) is 0. The Bertz CT molecular complexity index is 743. The fourth-order valence-electron chi connectivity index (χ4n) is 1.68. The van der Waals surface area contributed by atoms with E-state index in [1.165, 1.54) is 6.07 Å². The summed E-state index contributed by atoms with van der Waals surface area (Å²) in [6.07, 6.45) is 4.86. The number of nitrogen functional groups attached to an aromatic ring is 1. The maximum atomic E-state index is 11.7. The molecule has 0 amide bonds. The number of fused-ring (bicyclic) bond motifs is 1. The molecular weight excluding hydrogens is 218 g/mol. The summed E-state index contributed by atoms with van der Waals surface area (Å²) >= 11 is 0. The SMILES string of the molecule is Nc1ccc2nnc(-c3c[nH]ccc3=O)n2c1. The number of hydrogen-bond donors (Lipinski definition) is 2. The highest BCUT2D eigenvalue weighted by atomic mass is 16.1. The molecule has 0 aromatic carbocycles. The van der Waals surface area contributed by atoms with Crippen LogP contribution in [0.15, 0.2) is 41.6 Å². The second-order valence-corrected chi connectivity index (χ2v) is 3.64. The monoisotopic (exact) mass is 227 g/mol. The van der Waals surface area contributed by atoms with Gasteiger partial charge in [0.2, 0.25) is 0 Å². The van der Waals surface area contributed by atoms with Gasteiger partial charge in [-0.1, -0.05) is 0 Å². The third-order valence-electron chi connectivity index (χ3n) is 2.49. The number of nitrogens with one attached hydrogen (secondary N) is 1. The Morgan fingerprint density at radius 3 is 2.94 bits per heavy atom. The molecule has 3 aromatic rings. The Morgan fingerprint density at radius 1 is 1.24 bits per heavy atom. The molecule has 0 radical (unpaired) electrons. The summed E-state index contributed by atoms with van der Waals surface area (Å²) in [6, 6.07) is 4.94. The van der Waals surface area contributed by atoms with Crippen LogP contribution in [0.3, 0.4) is 0 Å². The van der Waals surface area contributed by atoms with Crippen molar-refractivity contribution in [2.24, 2.45) is 0 Å². The summed E-state index contributed by atoms with van der Waals surface area (Å²) in [5, 5.41) is 7.99. The summed E-state index contributed by atoms with van der Waals surface area (Å²) < 4.78 is 1.69. The highest BCUT2D eigenvalue weighted by Gasteiger charge is 2.10. The first-order valence-corrected chi connectivity index (χ1v) is 5.03. The third-order valence-corrected chi connectivity index (χ3v) is 2.49. The van der Waals surface area contributed by atoms with Crippen LogP contribution in [0.25, 0.3) is 17.0 Å². The topological polar surface area (TPSA) is 89.1 Å². The molecule has 3 heterocycles. The Labute approximate surface area is 95.7 Å². The largest absolute Gasteiger partial charge is 0.398 e. The molecule has 6 nitrogen and oxygen atoms in total. The van der Waals surface area contributed by atoms with Gasteiger partial charge in [-0.2, -0.15) is 0 Å². The van der Waals surface area contributed by atoms with Gasteiger partial charge in [0.05, 0.1) is 5.56 Å². The van der Waals surface area contributed by atoms with E-state index in [1.54, 1.807) is 35.1 Å².